The van der Waals surface area contributed by atoms with Crippen molar-refractivity contribution < 1.29 is 9.30 Å². The number of ether oxygens (including phenoxy) is 1. The molecule has 0 aliphatic rings. The van der Waals surface area contributed by atoms with E-state index in [4.69, 9.17) is 4.74 Å². The lowest BCUT2D eigenvalue weighted by atomic mass is 10.2. The molecule has 3 nitrogen and oxygen atoms in total. The van der Waals surface area contributed by atoms with Gasteiger partial charge in [-0.05, 0) is 25.5 Å². The number of unbranched alkanes of at least 4 members (excludes halogenated alkanes) is 3. The highest BCUT2D eigenvalue weighted by Crippen LogP contribution is 2.15. The summed E-state index contributed by atoms with van der Waals surface area (Å²) < 4.78 is 10.3. The summed E-state index contributed by atoms with van der Waals surface area (Å²) >= 11 is 0. The van der Waals surface area contributed by atoms with Gasteiger partial charge in [0, 0.05) is 0 Å². The highest BCUT2D eigenvalue weighted by molar-refractivity contribution is 5.52. The van der Waals surface area contributed by atoms with Crippen molar-refractivity contribution in [2.24, 2.45) is 0 Å². The van der Waals surface area contributed by atoms with Crippen molar-refractivity contribution in [3.05, 3.63) is 42.7 Å². The first-order valence-corrected chi connectivity index (χ1v) is 8.08. The summed E-state index contributed by atoms with van der Waals surface area (Å²) in [4.78, 5) is 0. The van der Waals surface area contributed by atoms with E-state index >= 15 is 0 Å². The molecule has 0 aliphatic carbocycles. The number of rotatable bonds is 9. The molecule has 0 radical (unpaired) electrons. The van der Waals surface area contributed by atoms with Gasteiger partial charge < -0.3 is 4.74 Å². The summed E-state index contributed by atoms with van der Waals surface area (Å²) in [6, 6.07) is 10.5. The number of benzene rings is 1. The maximum atomic E-state index is 5.84. The quantitative estimate of drug-likeness (QED) is 0.503. The molecule has 0 spiro atoms. The van der Waals surface area contributed by atoms with Crippen molar-refractivity contribution in [2.75, 3.05) is 6.61 Å². The molecule has 21 heavy (non-hydrogen) atoms. The average molecular weight is 287 g/mol. The fraction of sp³-hybridized carbons (Fsp3) is 0.500. The first kappa shape index (κ1) is 15.8. The van der Waals surface area contributed by atoms with Gasteiger partial charge in [0.25, 0.3) is 5.82 Å². The zero-order valence-corrected chi connectivity index (χ0v) is 13.3. The third kappa shape index (κ3) is 4.43. The second kappa shape index (κ2) is 8.63. The predicted molar refractivity (Wildman–Crippen MR) is 85.8 cm³/mol. The molecule has 0 amide bonds. The molecule has 0 saturated carbocycles. The van der Waals surface area contributed by atoms with Gasteiger partial charge in [-0.1, -0.05) is 44.4 Å². The van der Waals surface area contributed by atoms with Gasteiger partial charge in [0.05, 0.1) is 18.7 Å². The molecule has 0 aliphatic heterocycles. The van der Waals surface area contributed by atoms with E-state index in [9.17, 15) is 0 Å². The standard InChI is InChI=1S/C18H27N2O/c1-3-5-6-10-15-21-16-20-14-13-19(4-2)18(20)17-11-8-7-9-12-17/h7-9,11-14H,3-6,10,15-16H2,1-2H3/q+1. The molecule has 1 heterocycles. The van der Waals surface area contributed by atoms with E-state index in [0.717, 1.165) is 19.6 Å². The zero-order chi connectivity index (χ0) is 14.9. The lowest BCUT2D eigenvalue weighted by molar-refractivity contribution is -0.722. The van der Waals surface area contributed by atoms with Crippen molar-refractivity contribution in [1.29, 1.82) is 0 Å². The van der Waals surface area contributed by atoms with Crippen LogP contribution < -0.4 is 4.57 Å². The maximum Gasteiger partial charge on any atom is 0.290 e. The third-order valence-corrected chi connectivity index (χ3v) is 3.72. The van der Waals surface area contributed by atoms with Gasteiger partial charge in [-0.2, -0.15) is 0 Å². The number of imidazole rings is 1. The Morgan fingerprint density at radius 2 is 1.86 bits per heavy atom. The minimum absolute atomic E-state index is 0.628. The summed E-state index contributed by atoms with van der Waals surface area (Å²) in [5, 5.41) is 0. The predicted octanol–water partition coefficient (Wildman–Crippen LogP) is 4.02. The molecule has 0 unspecified atom stereocenters. The summed E-state index contributed by atoms with van der Waals surface area (Å²) in [5.74, 6) is 1.21. The zero-order valence-electron chi connectivity index (χ0n) is 13.3. The van der Waals surface area contributed by atoms with Crippen molar-refractivity contribution >= 4 is 0 Å². The van der Waals surface area contributed by atoms with Crippen molar-refractivity contribution in [3.63, 3.8) is 0 Å². The lowest BCUT2D eigenvalue weighted by Crippen LogP contribution is -2.36. The van der Waals surface area contributed by atoms with Crippen LogP contribution in [0.1, 0.15) is 39.5 Å². The molecule has 0 N–H and O–H groups in total. The van der Waals surface area contributed by atoms with Gasteiger partial charge in [0.15, 0.2) is 6.73 Å². The second-order valence-electron chi connectivity index (χ2n) is 5.34. The van der Waals surface area contributed by atoms with Crippen LogP contribution in [0, 0.1) is 0 Å². The van der Waals surface area contributed by atoms with E-state index in [2.05, 4.69) is 65.7 Å². The number of aromatic nitrogens is 2. The number of hydrogen-bond donors (Lipinski definition) is 0. The topological polar surface area (TPSA) is 18.0 Å². The van der Waals surface area contributed by atoms with Gasteiger partial charge in [0.2, 0.25) is 0 Å². The van der Waals surface area contributed by atoms with Crippen LogP contribution in [-0.2, 0) is 18.0 Å². The van der Waals surface area contributed by atoms with Gasteiger partial charge in [0.1, 0.15) is 12.4 Å². The van der Waals surface area contributed by atoms with E-state index < -0.39 is 0 Å². The Morgan fingerprint density at radius 1 is 1.05 bits per heavy atom. The molecule has 3 heteroatoms. The number of hydrogen-bond acceptors (Lipinski definition) is 1. The Labute approximate surface area is 128 Å². The van der Waals surface area contributed by atoms with Crippen LogP contribution in [0.15, 0.2) is 42.7 Å². The molecule has 2 rings (SSSR count). The van der Waals surface area contributed by atoms with Crippen LogP contribution in [-0.4, -0.2) is 11.2 Å². The Balaban J connectivity index is 1.99. The molecular formula is C18H27N2O+. The van der Waals surface area contributed by atoms with Gasteiger partial charge >= 0.3 is 0 Å². The second-order valence-corrected chi connectivity index (χ2v) is 5.34. The fourth-order valence-corrected chi connectivity index (χ4v) is 2.54. The van der Waals surface area contributed by atoms with Crippen molar-refractivity contribution in [1.82, 2.24) is 4.57 Å². The Kier molecular flexibility index (Phi) is 6.48. The van der Waals surface area contributed by atoms with Crippen LogP contribution in [0.2, 0.25) is 0 Å². The minimum Gasteiger partial charge on any atom is -0.342 e. The monoisotopic (exact) mass is 287 g/mol. The third-order valence-electron chi connectivity index (χ3n) is 3.72. The van der Waals surface area contributed by atoms with Crippen molar-refractivity contribution in [3.8, 4) is 11.4 Å². The minimum atomic E-state index is 0.628. The first-order valence-electron chi connectivity index (χ1n) is 8.08. The molecule has 0 bridgehead atoms. The highest BCUT2D eigenvalue weighted by Gasteiger charge is 2.17. The summed E-state index contributed by atoms with van der Waals surface area (Å²) in [6.07, 6.45) is 9.23. The molecule has 1 aromatic heterocycles. The SMILES string of the molecule is CCCCCCOC[n+]1ccn(CC)c1-c1ccccc1. The van der Waals surface area contributed by atoms with E-state index in [-0.39, 0.29) is 0 Å². The fourth-order valence-electron chi connectivity index (χ4n) is 2.54. The first-order chi connectivity index (χ1) is 10.4. The van der Waals surface area contributed by atoms with Crippen LogP contribution in [0.4, 0.5) is 0 Å². The van der Waals surface area contributed by atoms with E-state index in [1.807, 2.05) is 0 Å². The maximum absolute atomic E-state index is 5.84. The Hall–Kier alpha value is -1.61. The molecule has 2 aromatic rings. The van der Waals surface area contributed by atoms with Gasteiger partial charge in [-0.25, -0.2) is 9.13 Å². The van der Waals surface area contributed by atoms with Crippen LogP contribution >= 0.6 is 0 Å². The lowest BCUT2D eigenvalue weighted by Gasteiger charge is -2.05. The Bertz CT molecular complexity index is 519. The van der Waals surface area contributed by atoms with Gasteiger partial charge in [-0.15, -0.1) is 0 Å². The normalized spacial score (nSPS) is 11.0. The summed E-state index contributed by atoms with van der Waals surface area (Å²) in [6.45, 7) is 6.84. The van der Waals surface area contributed by atoms with Crippen LogP contribution in [0.25, 0.3) is 11.4 Å². The van der Waals surface area contributed by atoms with Crippen molar-refractivity contribution in [2.45, 2.75) is 52.8 Å². The molecule has 0 fully saturated rings. The smallest absolute Gasteiger partial charge is 0.290 e. The van der Waals surface area contributed by atoms with E-state index in [1.165, 1.54) is 30.7 Å². The van der Waals surface area contributed by atoms with Crippen LogP contribution in [0.3, 0.4) is 0 Å². The van der Waals surface area contributed by atoms with E-state index in [0.29, 0.717) is 6.73 Å². The molecule has 114 valence electrons. The van der Waals surface area contributed by atoms with Gasteiger partial charge in [-0.3, -0.25) is 0 Å². The summed E-state index contributed by atoms with van der Waals surface area (Å²) in [5.41, 5.74) is 1.24. The number of aryl methyl sites for hydroxylation is 1. The number of nitrogens with zero attached hydrogens (tertiary/aromatic N) is 2. The average Bonchev–Trinajstić information content (AvgIpc) is 2.94. The molecule has 0 atom stereocenters. The molecular weight excluding hydrogens is 260 g/mol. The van der Waals surface area contributed by atoms with Crippen LogP contribution in [0.5, 0.6) is 0 Å². The summed E-state index contributed by atoms with van der Waals surface area (Å²) in [7, 11) is 0. The largest absolute Gasteiger partial charge is 0.342 e. The Morgan fingerprint density at radius 3 is 2.57 bits per heavy atom. The van der Waals surface area contributed by atoms with E-state index in [1.54, 1.807) is 0 Å². The molecule has 1 aromatic carbocycles. The highest BCUT2D eigenvalue weighted by atomic mass is 16.5. The molecule has 0 saturated heterocycles.